The van der Waals surface area contributed by atoms with Crippen molar-refractivity contribution >= 4 is 42.0 Å². The minimum atomic E-state index is -1.04. The molecule has 5 aliphatic heterocycles. The van der Waals surface area contributed by atoms with Gasteiger partial charge in [-0.15, -0.1) is 0 Å². The van der Waals surface area contributed by atoms with Crippen LogP contribution in [0.4, 0.5) is 14.0 Å². The van der Waals surface area contributed by atoms with Crippen molar-refractivity contribution in [2.75, 3.05) is 6.54 Å². The maximum Gasteiger partial charge on any atom is 0.347 e. The molecule has 3 saturated heterocycles. The summed E-state index contributed by atoms with van der Waals surface area (Å²) in [6, 6.07) is -1.98. The van der Waals surface area contributed by atoms with Gasteiger partial charge in [0.1, 0.15) is 12.2 Å². The Morgan fingerprint density at radius 1 is 0.518 bits per heavy atom. The fourth-order valence-corrected chi connectivity index (χ4v) is 7.85. The maximum atomic E-state index is 13.0. The van der Waals surface area contributed by atoms with E-state index < -0.39 is 30.1 Å². The van der Waals surface area contributed by atoms with E-state index in [1.165, 1.54) is 14.4 Å². The highest BCUT2D eigenvalue weighted by atomic mass is 32.1. The number of amides is 7. The Hall–Kier alpha value is -4.62. The summed E-state index contributed by atoms with van der Waals surface area (Å²) in [4.78, 5) is 97.7. The van der Waals surface area contributed by atoms with Crippen LogP contribution in [0.1, 0.15) is 113 Å². The summed E-state index contributed by atoms with van der Waals surface area (Å²) in [5.74, 6) is -1.69. The highest BCUT2D eigenvalue weighted by Crippen LogP contribution is 2.30. The lowest BCUT2D eigenvalue weighted by atomic mass is 10.2. The summed E-state index contributed by atoms with van der Waals surface area (Å²) >= 11 is 5.28. The van der Waals surface area contributed by atoms with E-state index in [4.69, 9.17) is 12.2 Å². The molecule has 5 aliphatic rings. The molecule has 7 heterocycles. The molecule has 20 heteroatoms. The molecule has 7 amide bonds. The maximum absolute atomic E-state index is 13.0. The van der Waals surface area contributed by atoms with E-state index in [9.17, 15) is 42.7 Å². The summed E-state index contributed by atoms with van der Waals surface area (Å²) in [7, 11) is 0. The zero-order valence-electron chi connectivity index (χ0n) is 34.1. The summed E-state index contributed by atoms with van der Waals surface area (Å²) in [6.45, 7) is 21.2. The van der Waals surface area contributed by atoms with Gasteiger partial charge in [-0.3, -0.25) is 38.3 Å². The highest BCUT2D eigenvalue weighted by Gasteiger charge is 2.51. The van der Waals surface area contributed by atoms with E-state index in [0.29, 0.717) is 17.9 Å². The molecule has 3 fully saturated rings. The molecule has 7 rings (SSSR count). The molecule has 2 aromatic rings. The second-order valence-corrected chi connectivity index (χ2v) is 16.2. The van der Waals surface area contributed by atoms with Gasteiger partial charge in [0.15, 0.2) is 4.77 Å². The summed E-state index contributed by atoms with van der Waals surface area (Å²) in [5.41, 5.74) is -0.279. The molecule has 312 valence electrons. The third-order valence-corrected chi connectivity index (χ3v) is 10.5. The lowest BCUT2D eigenvalue weighted by Crippen LogP contribution is -2.40. The fraction of sp³-hybridized carbons (Fsp3) is 0.750. The van der Waals surface area contributed by atoms with Crippen LogP contribution < -0.4 is 17.1 Å². The van der Waals surface area contributed by atoms with E-state index in [2.05, 4.69) is 0 Å². The van der Waals surface area contributed by atoms with Crippen LogP contribution in [-0.4, -0.2) is 114 Å². The van der Waals surface area contributed by atoms with Gasteiger partial charge in [0, 0.05) is 62.8 Å². The first kappa shape index (κ1) is 44.1. The quantitative estimate of drug-likeness (QED) is 0.249. The normalized spacial score (nSPS) is 20.5. The first-order chi connectivity index (χ1) is 26.1. The van der Waals surface area contributed by atoms with Crippen LogP contribution in [0.5, 0.6) is 0 Å². The Morgan fingerprint density at radius 2 is 0.893 bits per heavy atom. The number of hydrogen-bond acceptors (Lipinski definition) is 9. The van der Waals surface area contributed by atoms with Gasteiger partial charge in [0.25, 0.3) is 5.91 Å². The predicted octanol–water partition coefficient (Wildman–Crippen LogP) is 3.11. The second-order valence-electron chi connectivity index (χ2n) is 15.9. The van der Waals surface area contributed by atoms with Crippen molar-refractivity contribution in [3.63, 3.8) is 0 Å². The van der Waals surface area contributed by atoms with Gasteiger partial charge >= 0.3 is 40.9 Å². The third kappa shape index (κ3) is 8.39. The number of carbonyl (C=O) groups is 5. The smallest absolute Gasteiger partial charge is 0.309 e. The molecule has 0 radical (unpaired) electrons. The number of urea groups is 2. The second kappa shape index (κ2) is 17.7. The lowest BCUT2D eigenvalue weighted by Gasteiger charge is -2.20. The zero-order valence-corrected chi connectivity index (χ0v) is 35.0. The van der Waals surface area contributed by atoms with E-state index in [0.717, 1.165) is 48.6 Å². The van der Waals surface area contributed by atoms with Crippen molar-refractivity contribution in [1.29, 1.82) is 0 Å². The third-order valence-electron chi connectivity index (χ3n) is 10.1. The Kier molecular flexibility index (Phi) is 13.9. The van der Waals surface area contributed by atoms with Gasteiger partial charge in [-0.25, -0.2) is 47.0 Å². The van der Waals surface area contributed by atoms with Crippen LogP contribution >= 0.6 is 12.2 Å². The van der Waals surface area contributed by atoms with Crippen LogP contribution in [-0.2, 0) is 40.6 Å². The van der Waals surface area contributed by atoms with E-state index >= 15 is 0 Å². The van der Waals surface area contributed by atoms with Crippen LogP contribution in [0.2, 0.25) is 0 Å². The number of nitrogens with zero attached hydrogens (tertiary/aromatic N) is 10. The van der Waals surface area contributed by atoms with Gasteiger partial charge in [0.05, 0.1) is 6.54 Å². The molecule has 0 unspecified atom stereocenters. The summed E-state index contributed by atoms with van der Waals surface area (Å²) < 4.78 is 23.5. The molecule has 0 saturated carbocycles. The number of halogens is 1. The van der Waals surface area contributed by atoms with Crippen molar-refractivity contribution in [2.24, 2.45) is 0 Å². The molecule has 0 bridgehead atoms. The number of carbonyl (C=O) groups excluding carboxylic acids is 5. The number of fused-ring (bicyclic) bond motifs is 3. The molecule has 0 N–H and O–H groups in total. The standard InChI is InChI=1S/C9H13FN2O2.C9H15N3O2.C9H15N3OS.C9H14N2O3/c1-5(2)12-8(13)7-3-6(10)4-11(7)9(12)14;2*1-7(2)12-8(13)10-5-3-4-6-11(10)9(12)14;1-5(2)10-7(12)8(13)11(6(3)4)9(10)14/h5-7H,3-4H2,1-2H3;2*7H,3-6H2,1-2H3;5-6H,1-4H3/t6-,7+;;;/m0.../s1. The van der Waals surface area contributed by atoms with E-state index in [1.54, 1.807) is 60.2 Å². The topological polar surface area (TPSA) is 179 Å². The SMILES string of the molecule is CC(C)N1C(=O)C(=O)N(C(C)C)C1=O.CC(C)N1C(=O)[C@H]2C[C@H](F)CN2C1=O.CC(C)n1c(=O)n2n(c1=O)CCCC2.CC(C)n1c(=O)n2n(c1=S)CCCC2. The molecule has 56 heavy (non-hydrogen) atoms. The average molecular weight is 809 g/mol. The molecular formula is C36H57FN10O8S. The molecular weight excluding hydrogens is 752 g/mol. The number of hydrogen-bond donors (Lipinski definition) is 0. The Bertz CT molecular complexity index is 1860. The van der Waals surface area contributed by atoms with Crippen molar-refractivity contribution < 1.29 is 28.4 Å². The fourth-order valence-electron chi connectivity index (χ4n) is 7.37. The van der Waals surface area contributed by atoms with Crippen molar-refractivity contribution in [1.82, 2.24) is 47.5 Å². The lowest BCUT2D eigenvalue weighted by molar-refractivity contribution is -0.144. The monoisotopic (exact) mass is 808 g/mol. The van der Waals surface area contributed by atoms with Crippen LogP contribution in [0, 0.1) is 4.77 Å². The first-order valence-electron chi connectivity index (χ1n) is 19.5. The Morgan fingerprint density at radius 3 is 1.23 bits per heavy atom. The minimum absolute atomic E-state index is 0.0460. The summed E-state index contributed by atoms with van der Waals surface area (Å²) in [6.07, 6.45) is 3.30. The summed E-state index contributed by atoms with van der Waals surface area (Å²) in [5, 5.41) is 0. The predicted molar refractivity (Wildman–Crippen MR) is 206 cm³/mol. The van der Waals surface area contributed by atoms with Gasteiger partial charge in [-0.2, -0.15) is 0 Å². The largest absolute Gasteiger partial charge is 0.347 e. The number of aromatic nitrogens is 6. The van der Waals surface area contributed by atoms with Crippen molar-refractivity contribution in [3.05, 3.63) is 36.2 Å². The molecule has 2 atom stereocenters. The van der Waals surface area contributed by atoms with Gasteiger partial charge in [0.2, 0.25) is 0 Å². The van der Waals surface area contributed by atoms with Crippen molar-refractivity contribution in [2.45, 2.75) is 170 Å². The Balaban J connectivity index is 0.000000166. The average Bonchev–Trinajstić information content (AvgIpc) is 3.84. The molecule has 18 nitrogen and oxygen atoms in total. The molecule has 0 aliphatic carbocycles. The number of imide groups is 3. The van der Waals surface area contributed by atoms with Crippen molar-refractivity contribution in [3.8, 4) is 0 Å². The zero-order chi connectivity index (χ0) is 42.1. The highest BCUT2D eigenvalue weighted by molar-refractivity contribution is 7.71. The van der Waals surface area contributed by atoms with E-state index in [-0.39, 0.29) is 72.2 Å². The molecule has 2 aromatic heterocycles. The van der Waals surface area contributed by atoms with E-state index in [1.807, 2.05) is 32.4 Å². The Labute approximate surface area is 330 Å². The number of rotatable bonds is 5. The number of alkyl halides is 1. The van der Waals surface area contributed by atoms with Crippen LogP contribution in [0.15, 0.2) is 14.4 Å². The van der Waals surface area contributed by atoms with Gasteiger partial charge in [-0.05, 0) is 107 Å². The van der Waals surface area contributed by atoms with Crippen LogP contribution in [0.25, 0.3) is 0 Å². The van der Waals surface area contributed by atoms with Gasteiger partial charge < -0.3 is 4.90 Å². The molecule has 0 aromatic carbocycles. The first-order valence-corrected chi connectivity index (χ1v) is 19.9. The molecule has 0 spiro atoms. The van der Waals surface area contributed by atoms with Crippen LogP contribution in [0.3, 0.4) is 0 Å². The minimum Gasteiger partial charge on any atom is -0.309 e. The van der Waals surface area contributed by atoms with Gasteiger partial charge in [-0.1, -0.05) is 0 Å².